The van der Waals surface area contributed by atoms with Crippen LogP contribution in [-0.4, -0.2) is 22.4 Å². The van der Waals surface area contributed by atoms with Crippen molar-refractivity contribution < 1.29 is 9.18 Å². The van der Waals surface area contributed by atoms with E-state index in [1.807, 2.05) is 0 Å². The zero-order valence-electron chi connectivity index (χ0n) is 10.5. The molecular weight excluding hydrogens is 269 g/mol. The third-order valence-corrected chi connectivity index (χ3v) is 4.45. The van der Waals surface area contributed by atoms with E-state index in [1.54, 1.807) is 0 Å². The summed E-state index contributed by atoms with van der Waals surface area (Å²) in [6.45, 7) is 0.697. The molecule has 1 aliphatic carbocycles. The van der Waals surface area contributed by atoms with Gasteiger partial charge in [-0.2, -0.15) is 0 Å². The Morgan fingerprint density at radius 3 is 3.11 bits per heavy atom. The number of carbonyl (C=O) groups excluding carboxylic acids is 1. The first-order valence-corrected chi connectivity index (χ1v) is 6.90. The predicted octanol–water partition coefficient (Wildman–Crippen LogP) is 2.43. The number of hydrogen-bond donors (Lipinski definition) is 1. The molecule has 1 aromatic rings. The minimum atomic E-state index is -0.399. The molecule has 2 fully saturated rings. The Hall–Kier alpha value is -1.23. The Morgan fingerprint density at radius 2 is 2.37 bits per heavy atom. The Kier molecular flexibility index (Phi) is 3.17. The highest BCUT2D eigenvalue weighted by Gasteiger charge is 2.43. The summed E-state index contributed by atoms with van der Waals surface area (Å²) in [6, 6.07) is 0. The van der Waals surface area contributed by atoms with Crippen molar-refractivity contribution in [2.45, 2.75) is 38.0 Å². The normalized spacial score (nSPS) is 30.6. The molecule has 0 radical (unpaired) electrons. The van der Waals surface area contributed by atoms with E-state index in [2.05, 4.69) is 15.3 Å². The molecule has 2 atom stereocenters. The monoisotopic (exact) mass is 283 g/mol. The van der Waals surface area contributed by atoms with Gasteiger partial charge in [0.25, 0.3) is 0 Å². The van der Waals surface area contributed by atoms with E-state index >= 15 is 0 Å². The zero-order valence-corrected chi connectivity index (χ0v) is 11.2. The lowest BCUT2D eigenvalue weighted by Crippen LogP contribution is -2.30. The Bertz CT molecular complexity index is 525. The lowest BCUT2D eigenvalue weighted by Gasteiger charge is -2.36. The van der Waals surface area contributed by atoms with Gasteiger partial charge in [-0.15, -0.1) is 0 Å². The van der Waals surface area contributed by atoms with Gasteiger partial charge in [-0.05, 0) is 36.3 Å². The van der Waals surface area contributed by atoms with Gasteiger partial charge in [0.05, 0.1) is 11.9 Å². The van der Waals surface area contributed by atoms with Crippen LogP contribution in [0.2, 0.25) is 5.28 Å². The van der Waals surface area contributed by atoms with Gasteiger partial charge in [0, 0.05) is 18.9 Å². The van der Waals surface area contributed by atoms with Crippen molar-refractivity contribution in [1.29, 1.82) is 0 Å². The first kappa shape index (κ1) is 12.8. The van der Waals surface area contributed by atoms with E-state index in [4.69, 9.17) is 11.6 Å². The highest BCUT2D eigenvalue weighted by atomic mass is 35.5. The van der Waals surface area contributed by atoms with Crippen LogP contribution in [0.3, 0.4) is 0 Å². The SMILES string of the molecule is O=C1CC2(CCC[C@H](c3nc(Cl)ncc3F)C2)CN1. The molecule has 2 aliphatic rings. The Labute approximate surface area is 115 Å². The van der Waals surface area contributed by atoms with Crippen LogP contribution in [0, 0.1) is 11.2 Å². The van der Waals surface area contributed by atoms with Crippen LogP contribution >= 0.6 is 11.6 Å². The summed E-state index contributed by atoms with van der Waals surface area (Å²) in [5, 5.41) is 2.97. The quantitative estimate of drug-likeness (QED) is 0.806. The number of aromatic nitrogens is 2. The maximum Gasteiger partial charge on any atom is 0.222 e. The molecule has 0 aromatic carbocycles. The maximum absolute atomic E-state index is 13.8. The molecule has 1 saturated carbocycles. The van der Waals surface area contributed by atoms with Gasteiger partial charge in [0.15, 0.2) is 5.82 Å². The number of nitrogens with one attached hydrogen (secondary N) is 1. The van der Waals surface area contributed by atoms with E-state index in [0.717, 1.165) is 31.9 Å². The van der Waals surface area contributed by atoms with E-state index < -0.39 is 5.82 Å². The average Bonchev–Trinajstić information content (AvgIpc) is 2.73. The summed E-state index contributed by atoms with van der Waals surface area (Å²) >= 11 is 5.76. The van der Waals surface area contributed by atoms with Crippen LogP contribution in [0.15, 0.2) is 6.20 Å². The largest absolute Gasteiger partial charge is 0.356 e. The molecule has 1 N–H and O–H groups in total. The number of amides is 1. The first-order chi connectivity index (χ1) is 9.08. The van der Waals surface area contributed by atoms with Crippen LogP contribution in [0.4, 0.5) is 4.39 Å². The fourth-order valence-corrected chi connectivity index (χ4v) is 3.54. The molecule has 1 unspecified atom stereocenters. The van der Waals surface area contributed by atoms with Gasteiger partial charge in [0.1, 0.15) is 0 Å². The molecule has 1 amide bonds. The van der Waals surface area contributed by atoms with Crippen molar-refractivity contribution in [2.75, 3.05) is 6.54 Å². The summed E-state index contributed by atoms with van der Waals surface area (Å²) in [5.74, 6) is -0.271. The maximum atomic E-state index is 13.8. The third kappa shape index (κ3) is 2.43. The average molecular weight is 284 g/mol. The molecule has 2 heterocycles. The number of rotatable bonds is 1. The second kappa shape index (κ2) is 4.71. The van der Waals surface area contributed by atoms with Crippen LogP contribution in [0.25, 0.3) is 0 Å². The van der Waals surface area contributed by atoms with Gasteiger partial charge >= 0.3 is 0 Å². The lowest BCUT2D eigenvalue weighted by atomic mass is 9.68. The van der Waals surface area contributed by atoms with Crippen molar-refractivity contribution in [3.63, 3.8) is 0 Å². The van der Waals surface area contributed by atoms with Gasteiger partial charge in [-0.3, -0.25) is 4.79 Å². The fourth-order valence-electron chi connectivity index (χ4n) is 3.40. The molecule has 1 spiro atoms. The summed E-state index contributed by atoms with van der Waals surface area (Å²) in [7, 11) is 0. The summed E-state index contributed by atoms with van der Waals surface area (Å²) in [5.41, 5.74) is 0.377. The standard InChI is InChI=1S/C13H15ClFN3O/c14-12-16-6-9(15)11(18-12)8-2-1-3-13(4-8)5-10(19)17-7-13/h6,8H,1-5,7H2,(H,17,19)/t8-,13?/m0/s1. The second-order valence-corrected chi connectivity index (χ2v) is 5.96. The van der Waals surface area contributed by atoms with E-state index in [9.17, 15) is 9.18 Å². The Morgan fingerprint density at radius 1 is 1.53 bits per heavy atom. The first-order valence-electron chi connectivity index (χ1n) is 6.53. The lowest BCUT2D eigenvalue weighted by molar-refractivity contribution is -0.119. The van der Waals surface area contributed by atoms with Crippen molar-refractivity contribution >= 4 is 17.5 Å². The third-order valence-electron chi connectivity index (χ3n) is 4.26. The minimum Gasteiger partial charge on any atom is -0.356 e. The van der Waals surface area contributed by atoms with Crippen molar-refractivity contribution in [2.24, 2.45) is 5.41 Å². The van der Waals surface area contributed by atoms with Crippen molar-refractivity contribution in [3.05, 3.63) is 23.0 Å². The minimum absolute atomic E-state index is 0.0239. The van der Waals surface area contributed by atoms with E-state index in [1.165, 1.54) is 0 Å². The van der Waals surface area contributed by atoms with Crippen LogP contribution in [0.5, 0.6) is 0 Å². The van der Waals surface area contributed by atoms with E-state index in [-0.39, 0.29) is 22.5 Å². The predicted molar refractivity (Wildman–Crippen MR) is 68.3 cm³/mol. The molecule has 4 nitrogen and oxygen atoms in total. The summed E-state index contributed by atoms with van der Waals surface area (Å²) < 4.78 is 13.8. The molecule has 3 rings (SSSR count). The van der Waals surface area contributed by atoms with Gasteiger partial charge < -0.3 is 5.32 Å². The molecule has 19 heavy (non-hydrogen) atoms. The van der Waals surface area contributed by atoms with Crippen LogP contribution in [-0.2, 0) is 4.79 Å². The molecule has 1 aromatic heterocycles. The van der Waals surface area contributed by atoms with E-state index in [0.29, 0.717) is 18.7 Å². The molecular formula is C13H15ClFN3O. The van der Waals surface area contributed by atoms with Crippen LogP contribution < -0.4 is 5.32 Å². The van der Waals surface area contributed by atoms with Crippen molar-refractivity contribution in [1.82, 2.24) is 15.3 Å². The highest BCUT2D eigenvalue weighted by Crippen LogP contribution is 2.47. The number of carbonyl (C=O) groups is 1. The molecule has 1 saturated heterocycles. The summed E-state index contributed by atoms with van der Waals surface area (Å²) in [6.07, 6.45) is 5.35. The zero-order chi connectivity index (χ0) is 13.5. The van der Waals surface area contributed by atoms with Gasteiger partial charge in [0.2, 0.25) is 11.2 Å². The molecule has 0 bridgehead atoms. The smallest absolute Gasteiger partial charge is 0.222 e. The van der Waals surface area contributed by atoms with Gasteiger partial charge in [-0.1, -0.05) is 6.42 Å². The summed E-state index contributed by atoms with van der Waals surface area (Å²) in [4.78, 5) is 19.1. The number of hydrogen-bond acceptors (Lipinski definition) is 3. The Balaban J connectivity index is 1.85. The fraction of sp³-hybridized carbons (Fsp3) is 0.615. The second-order valence-electron chi connectivity index (χ2n) is 5.62. The topological polar surface area (TPSA) is 54.9 Å². The van der Waals surface area contributed by atoms with Crippen molar-refractivity contribution in [3.8, 4) is 0 Å². The molecule has 1 aliphatic heterocycles. The number of nitrogens with zero attached hydrogens (tertiary/aromatic N) is 2. The molecule has 6 heteroatoms. The van der Waals surface area contributed by atoms with Gasteiger partial charge in [-0.25, -0.2) is 14.4 Å². The highest BCUT2D eigenvalue weighted by molar-refractivity contribution is 6.28. The van der Waals surface area contributed by atoms with Crippen LogP contribution in [0.1, 0.15) is 43.7 Å². The molecule has 102 valence electrons. The number of halogens is 2.